The maximum Gasteiger partial charge on any atom is 0.387 e. The van der Waals surface area contributed by atoms with Crippen LogP contribution < -0.4 is 14.2 Å². The van der Waals surface area contributed by atoms with Crippen LogP contribution in [-0.4, -0.2) is 26.6 Å². The Morgan fingerprint density at radius 1 is 1.22 bits per heavy atom. The first kappa shape index (κ1) is 20.2. The topological polar surface area (TPSA) is 68.6 Å². The molecule has 2 rings (SSSR count). The number of nitrogens with zero attached hydrogens (tertiary/aromatic N) is 1. The second kappa shape index (κ2) is 9.01. The first-order valence-electron chi connectivity index (χ1n) is 7.52. The highest BCUT2D eigenvalue weighted by Crippen LogP contribution is 2.38. The number of carbonyl (C=O) groups excluding carboxylic acids is 1. The summed E-state index contributed by atoms with van der Waals surface area (Å²) in [5.74, 6) is -0.445. The van der Waals surface area contributed by atoms with E-state index in [1.54, 1.807) is 18.2 Å². The van der Waals surface area contributed by atoms with Gasteiger partial charge in [0.15, 0.2) is 11.5 Å². The number of nitriles is 1. The molecule has 27 heavy (non-hydrogen) atoms. The largest absolute Gasteiger partial charge is 0.497 e. The number of methoxy groups -OCH3 is 2. The Labute approximate surface area is 159 Å². The first-order valence-corrected chi connectivity index (χ1v) is 7.90. The van der Waals surface area contributed by atoms with Crippen molar-refractivity contribution in [3.8, 4) is 23.3 Å². The van der Waals surface area contributed by atoms with Gasteiger partial charge >= 0.3 is 6.61 Å². The van der Waals surface area contributed by atoms with Crippen LogP contribution in [0, 0.1) is 11.3 Å². The van der Waals surface area contributed by atoms with Gasteiger partial charge in [-0.15, -0.1) is 0 Å². The van der Waals surface area contributed by atoms with E-state index in [1.165, 1.54) is 38.5 Å². The Kier molecular flexibility index (Phi) is 6.74. The fourth-order valence-electron chi connectivity index (χ4n) is 2.26. The van der Waals surface area contributed by atoms with Crippen LogP contribution in [0.3, 0.4) is 0 Å². The van der Waals surface area contributed by atoms with Gasteiger partial charge in [-0.1, -0.05) is 23.7 Å². The first-order chi connectivity index (χ1) is 12.9. The van der Waals surface area contributed by atoms with Crippen LogP contribution in [0.15, 0.2) is 42.0 Å². The van der Waals surface area contributed by atoms with E-state index < -0.39 is 12.4 Å². The van der Waals surface area contributed by atoms with Crippen molar-refractivity contribution in [1.29, 1.82) is 5.26 Å². The molecule has 0 heterocycles. The lowest BCUT2D eigenvalue weighted by molar-refractivity contribution is -0.0511. The maximum absolute atomic E-state index is 12.6. The Morgan fingerprint density at radius 2 is 1.96 bits per heavy atom. The lowest BCUT2D eigenvalue weighted by Gasteiger charge is -2.12. The Hall–Kier alpha value is -3.11. The van der Waals surface area contributed by atoms with Gasteiger partial charge in [0.1, 0.15) is 17.4 Å². The zero-order chi connectivity index (χ0) is 20.0. The molecule has 0 atom stereocenters. The molecule has 0 bridgehead atoms. The van der Waals surface area contributed by atoms with Crippen LogP contribution in [0.25, 0.3) is 6.08 Å². The third kappa shape index (κ3) is 4.96. The molecule has 0 N–H and O–H groups in total. The summed E-state index contributed by atoms with van der Waals surface area (Å²) >= 11 is 5.97. The van der Waals surface area contributed by atoms with Crippen molar-refractivity contribution in [2.45, 2.75) is 6.61 Å². The molecule has 0 unspecified atom stereocenters. The number of rotatable bonds is 7. The van der Waals surface area contributed by atoms with E-state index in [0.717, 1.165) is 0 Å². The SMILES string of the molecule is COc1cccc(C(=O)/C(C#N)=C/c2cc(Cl)c(OC(F)F)c(OC)c2)c1. The van der Waals surface area contributed by atoms with Gasteiger partial charge in [-0.05, 0) is 35.9 Å². The predicted molar refractivity (Wildman–Crippen MR) is 95.6 cm³/mol. The average molecular weight is 394 g/mol. The van der Waals surface area contributed by atoms with Crippen LogP contribution in [0.2, 0.25) is 5.02 Å². The van der Waals surface area contributed by atoms with Crippen molar-refractivity contribution >= 4 is 23.5 Å². The number of Topliss-reactive ketones (excluding diaryl/α,β-unsaturated/α-hetero) is 1. The van der Waals surface area contributed by atoms with Crippen LogP contribution in [0.4, 0.5) is 8.78 Å². The molecule has 2 aromatic carbocycles. The lowest BCUT2D eigenvalue weighted by Crippen LogP contribution is -2.05. The number of hydrogen-bond donors (Lipinski definition) is 0. The van der Waals surface area contributed by atoms with Crippen molar-refractivity contribution in [2.24, 2.45) is 0 Å². The number of allylic oxidation sites excluding steroid dienone is 1. The number of hydrogen-bond acceptors (Lipinski definition) is 5. The summed E-state index contributed by atoms with van der Waals surface area (Å²) in [5, 5.41) is 9.21. The molecular weight excluding hydrogens is 380 g/mol. The van der Waals surface area contributed by atoms with Gasteiger partial charge in [-0.3, -0.25) is 4.79 Å². The third-order valence-corrected chi connectivity index (χ3v) is 3.75. The van der Waals surface area contributed by atoms with E-state index in [1.807, 2.05) is 6.07 Å². The molecule has 0 saturated carbocycles. The van der Waals surface area contributed by atoms with Crippen LogP contribution in [-0.2, 0) is 0 Å². The number of benzene rings is 2. The molecule has 8 heteroatoms. The van der Waals surface area contributed by atoms with Gasteiger partial charge in [-0.25, -0.2) is 0 Å². The lowest BCUT2D eigenvalue weighted by atomic mass is 10.0. The van der Waals surface area contributed by atoms with E-state index in [2.05, 4.69) is 4.74 Å². The predicted octanol–water partition coefficient (Wildman–Crippen LogP) is 4.75. The summed E-state index contributed by atoms with van der Waals surface area (Å²) in [6.45, 7) is -3.08. The van der Waals surface area contributed by atoms with Crippen LogP contribution in [0.5, 0.6) is 17.2 Å². The molecule has 0 amide bonds. The summed E-state index contributed by atoms with van der Waals surface area (Å²) in [6, 6.07) is 10.8. The van der Waals surface area contributed by atoms with Crippen molar-refractivity contribution in [2.75, 3.05) is 14.2 Å². The Bertz CT molecular complexity index is 922. The van der Waals surface area contributed by atoms with Crippen molar-refractivity contribution < 1.29 is 27.8 Å². The molecule has 0 aliphatic rings. The number of alkyl halides is 2. The average Bonchev–Trinajstić information content (AvgIpc) is 2.67. The normalized spacial score (nSPS) is 11.1. The van der Waals surface area contributed by atoms with Crippen molar-refractivity contribution in [1.82, 2.24) is 0 Å². The fourth-order valence-corrected chi connectivity index (χ4v) is 2.53. The highest BCUT2D eigenvalue weighted by Gasteiger charge is 2.17. The number of ketones is 1. The second-order valence-electron chi connectivity index (χ2n) is 5.14. The summed E-state index contributed by atoms with van der Waals surface area (Å²) < 4.78 is 39.4. The van der Waals surface area contributed by atoms with Gasteiger partial charge < -0.3 is 14.2 Å². The van der Waals surface area contributed by atoms with E-state index in [4.69, 9.17) is 21.1 Å². The van der Waals surface area contributed by atoms with Gasteiger partial charge in [0.25, 0.3) is 0 Å². The minimum absolute atomic E-state index is 0.0554. The molecule has 0 radical (unpaired) electrons. The van der Waals surface area contributed by atoms with Gasteiger partial charge in [0.05, 0.1) is 19.2 Å². The minimum Gasteiger partial charge on any atom is -0.497 e. The summed E-state index contributed by atoms with van der Waals surface area (Å²) in [4.78, 5) is 12.6. The summed E-state index contributed by atoms with van der Waals surface area (Å²) in [6.07, 6.45) is 1.28. The Morgan fingerprint density at radius 3 is 2.56 bits per heavy atom. The molecule has 0 aliphatic heterocycles. The summed E-state index contributed by atoms with van der Waals surface area (Å²) in [5.41, 5.74) is 0.396. The monoisotopic (exact) mass is 393 g/mol. The van der Waals surface area contributed by atoms with E-state index in [0.29, 0.717) is 11.3 Å². The molecule has 0 fully saturated rings. The third-order valence-electron chi connectivity index (χ3n) is 3.47. The van der Waals surface area contributed by atoms with Crippen LogP contribution in [0.1, 0.15) is 15.9 Å². The van der Waals surface area contributed by atoms with E-state index in [-0.39, 0.29) is 27.7 Å². The maximum atomic E-state index is 12.6. The molecular formula is C19H14ClF2NO4. The van der Waals surface area contributed by atoms with Crippen molar-refractivity contribution in [3.63, 3.8) is 0 Å². The van der Waals surface area contributed by atoms with E-state index >= 15 is 0 Å². The molecule has 0 spiro atoms. The zero-order valence-electron chi connectivity index (χ0n) is 14.3. The number of carbonyl (C=O) groups is 1. The standard InChI is InChI=1S/C19H14ClF2NO4/c1-25-14-5-3-4-12(9-14)17(24)13(10-23)6-11-7-15(20)18(27-19(21)22)16(8-11)26-2/h3-9,19H,1-2H3/b13-6+. The Balaban J connectivity index is 2.43. The van der Waals surface area contributed by atoms with Crippen LogP contribution >= 0.6 is 11.6 Å². The van der Waals surface area contributed by atoms with Crippen molar-refractivity contribution in [3.05, 3.63) is 58.1 Å². The fraction of sp³-hybridized carbons (Fsp3) is 0.158. The minimum atomic E-state index is -3.08. The molecule has 5 nitrogen and oxygen atoms in total. The highest BCUT2D eigenvalue weighted by atomic mass is 35.5. The van der Waals surface area contributed by atoms with E-state index in [9.17, 15) is 18.8 Å². The smallest absolute Gasteiger partial charge is 0.387 e. The van der Waals surface area contributed by atoms with Gasteiger partial charge in [0, 0.05) is 5.56 Å². The van der Waals surface area contributed by atoms with Gasteiger partial charge in [-0.2, -0.15) is 14.0 Å². The summed E-state index contributed by atoms with van der Waals surface area (Å²) in [7, 11) is 2.71. The highest BCUT2D eigenvalue weighted by molar-refractivity contribution is 6.32. The number of halogens is 3. The molecule has 2 aromatic rings. The second-order valence-corrected chi connectivity index (χ2v) is 5.55. The molecule has 0 aromatic heterocycles. The molecule has 0 aliphatic carbocycles. The van der Waals surface area contributed by atoms with Gasteiger partial charge in [0.2, 0.25) is 5.78 Å². The zero-order valence-corrected chi connectivity index (χ0v) is 15.1. The number of ether oxygens (including phenoxy) is 3. The molecule has 0 saturated heterocycles. The quantitative estimate of drug-likeness (QED) is 0.386. The molecule has 140 valence electrons.